The monoisotopic (exact) mass is 115 g/mol. The molecule has 0 heterocycles. The second-order valence-corrected chi connectivity index (χ2v) is 2.32. The molecule has 1 saturated carbocycles. The van der Waals surface area contributed by atoms with Crippen LogP contribution in [0.3, 0.4) is 0 Å². The lowest BCUT2D eigenvalue weighted by molar-refractivity contribution is 0.136. The highest BCUT2D eigenvalue weighted by Gasteiger charge is 2.32. The summed E-state index contributed by atoms with van der Waals surface area (Å²) in [7, 11) is 0. The Balaban J connectivity index is 1.89. The maximum absolute atomic E-state index is 5.53. The lowest BCUT2D eigenvalue weighted by Crippen LogP contribution is -2.06. The lowest BCUT2D eigenvalue weighted by Gasteiger charge is -1.95. The van der Waals surface area contributed by atoms with Crippen molar-refractivity contribution in [2.75, 3.05) is 13.2 Å². The third-order valence-electron chi connectivity index (χ3n) is 1.51. The summed E-state index contributed by atoms with van der Waals surface area (Å²) in [5, 5.41) is 0. The number of ether oxygens (including phenoxy) is 1. The van der Waals surface area contributed by atoms with Gasteiger partial charge in [0.05, 0.1) is 6.61 Å². The molecule has 0 aromatic heterocycles. The van der Waals surface area contributed by atoms with Crippen molar-refractivity contribution in [1.82, 2.24) is 0 Å². The van der Waals surface area contributed by atoms with Crippen LogP contribution in [0.4, 0.5) is 0 Å². The summed E-state index contributed by atoms with van der Waals surface area (Å²) >= 11 is 0. The van der Waals surface area contributed by atoms with Crippen LogP contribution in [0, 0.1) is 5.92 Å². The zero-order valence-corrected chi connectivity index (χ0v) is 5.26. The van der Waals surface area contributed by atoms with Crippen molar-refractivity contribution in [3.63, 3.8) is 0 Å². The Labute approximate surface area is 50.0 Å². The number of nitrogens with two attached hydrogens (primary N) is 1. The molecule has 2 nitrogen and oxygen atoms in total. The van der Waals surface area contributed by atoms with Gasteiger partial charge in [0, 0.05) is 12.6 Å². The zero-order chi connectivity index (χ0) is 5.98. The van der Waals surface area contributed by atoms with Gasteiger partial charge in [-0.25, -0.2) is 0 Å². The van der Waals surface area contributed by atoms with Gasteiger partial charge in [0.1, 0.15) is 0 Å². The van der Waals surface area contributed by atoms with E-state index in [-0.39, 0.29) is 0 Å². The van der Waals surface area contributed by atoms with Gasteiger partial charge in [0.2, 0.25) is 0 Å². The summed E-state index contributed by atoms with van der Waals surface area (Å²) in [4.78, 5) is 0. The summed E-state index contributed by atoms with van der Waals surface area (Å²) in [6.45, 7) is 3.70. The molecule has 1 aliphatic rings. The fourth-order valence-electron chi connectivity index (χ4n) is 0.732. The minimum absolute atomic E-state index is 0.446. The third-order valence-corrected chi connectivity index (χ3v) is 1.51. The molecule has 0 bridgehead atoms. The van der Waals surface area contributed by atoms with Crippen LogP contribution in [0.25, 0.3) is 0 Å². The molecule has 0 amide bonds. The average molecular weight is 115 g/mol. The van der Waals surface area contributed by atoms with Gasteiger partial charge in [0.15, 0.2) is 0 Å². The zero-order valence-electron chi connectivity index (χ0n) is 5.26. The molecule has 0 aromatic carbocycles. The van der Waals surface area contributed by atoms with E-state index in [4.69, 9.17) is 10.5 Å². The number of hydrogen-bond donors (Lipinski definition) is 1. The first kappa shape index (κ1) is 6.05. The minimum atomic E-state index is 0.446. The van der Waals surface area contributed by atoms with Crippen molar-refractivity contribution in [1.29, 1.82) is 0 Å². The van der Waals surface area contributed by atoms with Gasteiger partial charge in [0.25, 0.3) is 0 Å². The Morgan fingerprint density at radius 1 is 1.75 bits per heavy atom. The van der Waals surface area contributed by atoms with E-state index in [9.17, 15) is 0 Å². The molecule has 48 valence electrons. The first-order valence-corrected chi connectivity index (χ1v) is 3.18. The Morgan fingerprint density at radius 2 is 2.38 bits per heavy atom. The summed E-state index contributed by atoms with van der Waals surface area (Å²) in [6.07, 6.45) is 1.17. The van der Waals surface area contributed by atoms with Gasteiger partial charge in [-0.3, -0.25) is 0 Å². The van der Waals surface area contributed by atoms with Crippen LogP contribution < -0.4 is 5.73 Å². The van der Waals surface area contributed by atoms with E-state index in [0.717, 1.165) is 13.2 Å². The molecule has 0 radical (unpaired) electrons. The smallest absolute Gasteiger partial charge is 0.0509 e. The van der Waals surface area contributed by atoms with E-state index in [1.54, 1.807) is 0 Å². The molecule has 0 spiro atoms. The highest BCUT2D eigenvalue weighted by molar-refractivity contribution is 4.89. The van der Waals surface area contributed by atoms with Crippen molar-refractivity contribution < 1.29 is 4.74 Å². The molecule has 2 unspecified atom stereocenters. The fraction of sp³-hybridized carbons (Fsp3) is 1.00. The normalized spacial score (nSPS) is 35.2. The molecular weight excluding hydrogens is 102 g/mol. The lowest BCUT2D eigenvalue weighted by atomic mass is 10.4. The SMILES string of the molecule is CCOCC1CC1N. The van der Waals surface area contributed by atoms with Crippen LogP contribution in [0.2, 0.25) is 0 Å². The summed E-state index contributed by atoms with van der Waals surface area (Å²) in [6, 6.07) is 0.446. The largest absolute Gasteiger partial charge is 0.381 e. The first-order valence-electron chi connectivity index (χ1n) is 3.18. The summed E-state index contributed by atoms with van der Waals surface area (Å²) in [5.41, 5.74) is 5.53. The quantitative estimate of drug-likeness (QED) is 0.576. The van der Waals surface area contributed by atoms with Crippen molar-refractivity contribution in [3.05, 3.63) is 0 Å². The van der Waals surface area contributed by atoms with Crippen LogP contribution in [-0.4, -0.2) is 19.3 Å². The maximum atomic E-state index is 5.53. The van der Waals surface area contributed by atoms with E-state index in [1.807, 2.05) is 6.92 Å². The van der Waals surface area contributed by atoms with E-state index in [2.05, 4.69) is 0 Å². The second kappa shape index (κ2) is 2.46. The van der Waals surface area contributed by atoms with Crippen molar-refractivity contribution in [3.8, 4) is 0 Å². The van der Waals surface area contributed by atoms with Gasteiger partial charge in [-0.1, -0.05) is 0 Å². The Morgan fingerprint density at radius 3 is 2.75 bits per heavy atom. The van der Waals surface area contributed by atoms with Gasteiger partial charge in [-0.15, -0.1) is 0 Å². The van der Waals surface area contributed by atoms with E-state index < -0.39 is 0 Å². The van der Waals surface area contributed by atoms with Gasteiger partial charge < -0.3 is 10.5 Å². The maximum Gasteiger partial charge on any atom is 0.0509 e. The Hall–Kier alpha value is -0.0800. The minimum Gasteiger partial charge on any atom is -0.381 e. The van der Waals surface area contributed by atoms with Crippen LogP contribution in [0.15, 0.2) is 0 Å². The Bertz CT molecular complexity index is 74.9. The average Bonchev–Trinajstić information content (AvgIpc) is 2.42. The Kier molecular flexibility index (Phi) is 1.86. The molecule has 1 fully saturated rings. The highest BCUT2D eigenvalue weighted by Crippen LogP contribution is 2.27. The van der Waals surface area contributed by atoms with Crippen LogP contribution in [-0.2, 0) is 4.74 Å². The van der Waals surface area contributed by atoms with E-state index >= 15 is 0 Å². The number of hydrogen-bond acceptors (Lipinski definition) is 2. The van der Waals surface area contributed by atoms with Crippen molar-refractivity contribution >= 4 is 0 Å². The fourth-order valence-corrected chi connectivity index (χ4v) is 0.732. The van der Waals surface area contributed by atoms with Crippen LogP contribution in [0.5, 0.6) is 0 Å². The first-order chi connectivity index (χ1) is 3.84. The van der Waals surface area contributed by atoms with Gasteiger partial charge >= 0.3 is 0 Å². The van der Waals surface area contributed by atoms with E-state index in [1.165, 1.54) is 6.42 Å². The summed E-state index contributed by atoms with van der Waals surface area (Å²) < 4.78 is 5.15. The van der Waals surface area contributed by atoms with Crippen LogP contribution >= 0.6 is 0 Å². The predicted octanol–water partition coefficient (Wildman–Crippen LogP) is 0.370. The topological polar surface area (TPSA) is 35.2 Å². The van der Waals surface area contributed by atoms with Gasteiger partial charge in [-0.05, 0) is 19.3 Å². The molecule has 0 aliphatic heterocycles. The molecule has 8 heavy (non-hydrogen) atoms. The van der Waals surface area contributed by atoms with E-state index in [0.29, 0.717) is 12.0 Å². The van der Waals surface area contributed by atoms with Crippen molar-refractivity contribution in [2.45, 2.75) is 19.4 Å². The molecule has 2 heteroatoms. The molecule has 1 aliphatic carbocycles. The predicted molar refractivity (Wildman–Crippen MR) is 32.6 cm³/mol. The molecule has 1 rings (SSSR count). The van der Waals surface area contributed by atoms with Crippen molar-refractivity contribution in [2.24, 2.45) is 11.7 Å². The standard InChI is InChI=1S/C6H13NO/c1-2-8-4-5-3-6(5)7/h5-6H,2-4,7H2,1H3. The second-order valence-electron chi connectivity index (χ2n) is 2.32. The molecule has 2 atom stereocenters. The molecule has 0 saturated heterocycles. The number of rotatable bonds is 3. The molecule has 2 N–H and O–H groups in total. The van der Waals surface area contributed by atoms with Crippen LogP contribution in [0.1, 0.15) is 13.3 Å². The highest BCUT2D eigenvalue weighted by atomic mass is 16.5. The molecule has 0 aromatic rings. The summed E-state index contributed by atoms with van der Waals surface area (Å²) in [5.74, 6) is 0.676. The molecular formula is C6H13NO. The van der Waals surface area contributed by atoms with Gasteiger partial charge in [-0.2, -0.15) is 0 Å². The third kappa shape index (κ3) is 1.46.